The predicted molar refractivity (Wildman–Crippen MR) is 67.4 cm³/mol. The van der Waals surface area contributed by atoms with Crippen LogP contribution >= 0.6 is 35.7 Å². The Labute approximate surface area is 94.5 Å². The Kier molecular flexibility index (Phi) is 6.86. The Morgan fingerprint density at radius 3 is 2.77 bits per heavy atom. The van der Waals surface area contributed by atoms with E-state index in [1.807, 2.05) is 23.1 Å². The van der Waals surface area contributed by atoms with Crippen molar-refractivity contribution in [1.82, 2.24) is 0 Å². The van der Waals surface area contributed by atoms with Gasteiger partial charge in [-0.2, -0.15) is 12.6 Å². The van der Waals surface area contributed by atoms with Crippen molar-refractivity contribution in [3.8, 4) is 0 Å². The Hall–Kier alpha value is 0.400. The van der Waals surface area contributed by atoms with E-state index in [9.17, 15) is 0 Å². The van der Waals surface area contributed by atoms with Gasteiger partial charge >= 0.3 is 0 Å². The van der Waals surface area contributed by atoms with Crippen molar-refractivity contribution in [2.75, 3.05) is 11.5 Å². The van der Waals surface area contributed by atoms with Gasteiger partial charge in [-0.05, 0) is 35.8 Å². The smallest absolute Gasteiger partial charge is 0.0598 e. The average molecular weight is 232 g/mol. The van der Waals surface area contributed by atoms with Crippen molar-refractivity contribution < 1.29 is 0 Å². The maximum absolute atomic E-state index is 4.19. The number of hydrogen-bond donors (Lipinski definition) is 1. The van der Waals surface area contributed by atoms with Crippen molar-refractivity contribution in [3.05, 3.63) is 17.5 Å². The van der Waals surface area contributed by atoms with Gasteiger partial charge in [0.1, 0.15) is 0 Å². The molecule has 0 aliphatic carbocycles. The average Bonchev–Trinajstić information content (AvgIpc) is 2.63. The van der Waals surface area contributed by atoms with Gasteiger partial charge in [0.15, 0.2) is 0 Å². The van der Waals surface area contributed by atoms with Crippen molar-refractivity contribution >= 4 is 35.7 Å². The molecule has 13 heavy (non-hydrogen) atoms. The zero-order valence-corrected chi connectivity index (χ0v) is 10.3. The maximum Gasteiger partial charge on any atom is 0.0598 e. The fraction of sp³-hybridized carbons (Fsp3) is 0.600. The van der Waals surface area contributed by atoms with Crippen molar-refractivity contribution in [2.24, 2.45) is 0 Å². The van der Waals surface area contributed by atoms with Crippen LogP contribution in [0.5, 0.6) is 0 Å². The third kappa shape index (κ3) is 5.66. The fourth-order valence-corrected chi connectivity index (χ4v) is 3.17. The van der Waals surface area contributed by atoms with Crippen LogP contribution in [-0.4, -0.2) is 11.5 Å². The van der Waals surface area contributed by atoms with Gasteiger partial charge in [0.25, 0.3) is 0 Å². The Morgan fingerprint density at radius 2 is 2.08 bits per heavy atom. The molecule has 3 heteroatoms. The normalized spacial score (nSPS) is 10.5. The molecule has 0 saturated carbocycles. The maximum atomic E-state index is 4.19. The summed E-state index contributed by atoms with van der Waals surface area (Å²) in [5.41, 5.74) is 0. The molecule has 1 aromatic rings. The van der Waals surface area contributed by atoms with E-state index < -0.39 is 0 Å². The van der Waals surface area contributed by atoms with Gasteiger partial charge in [-0.3, -0.25) is 0 Å². The zero-order valence-electron chi connectivity index (χ0n) is 7.74. The first-order valence-electron chi connectivity index (χ1n) is 4.70. The number of unbranched alkanes of at least 4 members (excludes halogenated alkanes) is 3. The van der Waals surface area contributed by atoms with E-state index in [2.05, 4.69) is 30.1 Å². The highest BCUT2D eigenvalue weighted by Gasteiger charge is 1.94. The first-order chi connectivity index (χ1) is 6.43. The summed E-state index contributed by atoms with van der Waals surface area (Å²) in [4.78, 5) is 0. The van der Waals surface area contributed by atoms with E-state index in [-0.39, 0.29) is 0 Å². The minimum absolute atomic E-state index is 1.04. The van der Waals surface area contributed by atoms with E-state index in [0.717, 1.165) is 5.75 Å². The summed E-state index contributed by atoms with van der Waals surface area (Å²) in [5.74, 6) is 2.31. The quantitative estimate of drug-likeness (QED) is 0.415. The van der Waals surface area contributed by atoms with Crippen molar-refractivity contribution in [2.45, 2.75) is 29.9 Å². The van der Waals surface area contributed by atoms with Crippen molar-refractivity contribution in [3.63, 3.8) is 0 Å². The van der Waals surface area contributed by atoms with Crippen LogP contribution in [0.2, 0.25) is 0 Å². The van der Waals surface area contributed by atoms with Crippen LogP contribution in [0.25, 0.3) is 0 Å². The highest BCUT2D eigenvalue weighted by molar-refractivity contribution is 8.01. The zero-order chi connectivity index (χ0) is 9.36. The van der Waals surface area contributed by atoms with E-state index in [4.69, 9.17) is 0 Å². The molecule has 1 rings (SSSR count). The summed E-state index contributed by atoms with van der Waals surface area (Å²) in [6.07, 6.45) is 5.32. The molecule has 0 bridgehead atoms. The van der Waals surface area contributed by atoms with Crippen LogP contribution < -0.4 is 0 Å². The second-order valence-electron chi connectivity index (χ2n) is 2.92. The first-order valence-corrected chi connectivity index (χ1v) is 7.20. The van der Waals surface area contributed by atoms with Gasteiger partial charge in [0.05, 0.1) is 4.21 Å². The molecule has 0 amide bonds. The summed E-state index contributed by atoms with van der Waals surface area (Å²) in [6, 6.07) is 4.32. The molecule has 1 aromatic heterocycles. The van der Waals surface area contributed by atoms with Crippen molar-refractivity contribution in [1.29, 1.82) is 0 Å². The Morgan fingerprint density at radius 1 is 1.23 bits per heavy atom. The lowest BCUT2D eigenvalue weighted by Crippen LogP contribution is -1.81. The lowest BCUT2D eigenvalue weighted by Gasteiger charge is -1.98. The highest BCUT2D eigenvalue weighted by Crippen LogP contribution is 2.24. The van der Waals surface area contributed by atoms with E-state index in [1.54, 1.807) is 0 Å². The molecule has 0 radical (unpaired) electrons. The van der Waals surface area contributed by atoms with Crippen LogP contribution in [0.4, 0.5) is 0 Å². The Balaban J connectivity index is 1.90. The number of thiol groups is 1. The van der Waals surface area contributed by atoms with Crippen LogP contribution in [0, 0.1) is 0 Å². The molecule has 0 saturated heterocycles. The summed E-state index contributed by atoms with van der Waals surface area (Å²) in [6.45, 7) is 0. The number of thioether (sulfide) groups is 1. The first kappa shape index (κ1) is 11.5. The molecule has 0 spiro atoms. The second-order valence-corrected chi connectivity index (χ2v) is 5.71. The molecule has 0 unspecified atom stereocenters. The molecule has 0 nitrogen and oxygen atoms in total. The van der Waals surface area contributed by atoms with Crippen LogP contribution in [0.1, 0.15) is 25.7 Å². The lowest BCUT2D eigenvalue weighted by atomic mass is 10.2. The third-order valence-electron chi connectivity index (χ3n) is 1.79. The summed E-state index contributed by atoms with van der Waals surface area (Å²) in [7, 11) is 0. The Bertz CT molecular complexity index is 194. The predicted octanol–water partition coefficient (Wildman–Crippen LogP) is 4.33. The van der Waals surface area contributed by atoms with Gasteiger partial charge in [0, 0.05) is 0 Å². The highest BCUT2D eigenvalue weighted by atomic mass is 32.2. The monoisotopic (exact) mass is 232 g/mol. The summed E-state index contributed by atoms with van der Waals surface area (Å²) >= 11 is 8.02. The third-order valence-corrected chi connectivity index (χ3v) is 4.33. The van der Waals surface area contributed by atoms with Gasteiger partial charge in [-0.1, -0.05) is 18.9 Å². The lowest BCUT2D eigenvalue weighted by molar-refractivity contribution is 0.712. The molecule has 1 heterocycles. The topological polar surface area (TPSA) is 0 Å². The SMILES string of the molecule is SCCCCCCSc1cccs1. The van der Waals surface area contributed by atoms with Gasteiger partial charge in [0.2, 0.25) is 0 Å². The summed E-state index contributed by atoms with van der Waals surface area (Å²) < 4.78 is 1.45. The molecular formula is C10H16S3. The van der Waals surface area contributed by atoms with Gasteiger partial charge < -0.3 is 0 Å². The van der Waals surface area contributed by atoms with Crippen LogP contribution in [-0.2, 0) is 0 Å². The van der Waals surface area contributed by atoms with E-state index in [0.29, 0.717) is 0 Å². The molecule has 0 fully saturated rings. The van der Waals surface area contributed by atoms with E-state index in [1.165, 1.54) is 35.6 Å². The second kappa shape index (κ2) is 7.77. The number of rotatable bonds is 7. The van der Waals surface area contributed by atoms with Crippen LogP contribution in [0.15, 0.2) is 21.7 Å². The van der Waals surface area contributed by atoms with E-state index >= 15 is 0 Å². The minimum Gasteiger partial charge on any atom is -0.179 e. The molecule has 0 atom stereocenters. The van der Waals surface area contributed by atoms with Gasteiger partial charge in [-0.25, -0.2) is 0 Å². The standard InChI is InChI=1S/C10H16S3/c11-7-3-1-2-4-8-12-10-6-5-9-13-10/h5-6,9,11H,1-4,7-8H2. The molecule has 0 aliphatic rings. The molecule has 74 valence electrons. The minimum atomic E-state index is 1.04. The number of hydrogen-bond acceptors (Lipinski definition) is 3. The van der Waals surface area contributed by atoms with Crippen LogP contribution in [0.3, 0.4) is 0 Å². The molecule has 0 N–H and O–H groups in total. The fourth-order valence-electron chi connectivity index (χ4n) is 1.09. The molecular weight excluding hydrogens is 216 g/mol. The molecule has 0 aliphatic heterocycles. The molecule has 0 aromatic carbocycles. The van der Waals surface area contributed by atoms with Gasteiger partial charge in [-0.15, -0.1) is 23.1 Å². The number of thiophene rings is 1. The summed E-state index contributed by atoms with van der Waals surface area (Å²) in [5, 5.41) is 2.14. The largest absolute Gasteiger partial charge is 0.179 e.